The Balaban J connectivity index is 1.93. The maximum atomic E-state index is 5.49. The van der Waals surface area contributed by atoms with Crippen LogP contribution >= 0.6 is 0 Å². The van der Waals surface area contributed by atoms with Crippen molar-refractivity contribution < 1.29 is 4.74 Å². The van der Waals surface area contributed by atoms with Gasteiger partial charge in [0.25, 0.3) is 0 Å². The van der Waals surface area contributed by atoms with Crippen LogP contribution in [0.3, 0.4) is 0 Å². The highest BCUT2D eigenvalue weighted by molar-refractivity contribution is 4.91. The van der Waals surface area contributed by atoms with Crippen LogP contribution in [-0.4, -0.2) is 51.3 Å². The molecule has 3 nitrogen and oxygen atoms in total. The van der Waals surface area contributed by atoms with E-state index in [2.05, 4.69) is 24.2 Å². The zero-order valence-electron chi connectivity index (χ0n) is 12.4. The molecule has 3 heteroatoms. The number of nitrogens with one attached hydrogen (secondary N) is 1. The fraction of sp³-hybridized carbons (Fsp3) is 1.00. The Morgan fingerprint density at radius 1 is 1.39 bits per heavy atom. The van der Waals surface area contributed by atoms with Crippen molar-refractivity contribution in [1.82, 2.24) is 10.2 Å². The molecule has 0 aromatic carbocycles. The molecule has 1 saturated heterocycles. The van der Waals surface area contributed by atoms with Gasteiger partial charge in [0, 0.05) is 33.3 Å². The van der Waals surface area contributed by atoms with Gasteiger partial charge in [0.15, 0.2) is 0 Å². The smallest absolute Gasteiger partial charge is 0.0710 e. The van der Waals surface area contributed by atoms with Gasteiger partial charge in [-0.25, -0.2) is 0 Å². The van der Waals surface area contributed by atoms with E-state index in [-0.39, 0.29) is 0 Å². The van der Waals surface area contributed by atoms with Gasteiger partial charge in [-0.1, -0.05) is 19.8 Å². The Morgan fingerprint density at radius 3 is 2.83 bits per heavy atom. The average molecular weight is 254 g/mol. The molecule has 1 aliphatic heterocycles. The molecule has 1 N–H and O–H groups in total. The molecule has 3 atom stereocenters. The summed E-state index contributed by atoms with van der Waals surface area (Å²) in [6, 6.07) is 0. The first-order chi connectivity index (χ1) is 8.67. The molecule has 0 aromatic rings. The van der Waals surface area contributed by atoms with Crippen molar-refractivity contribution in [3.8, 4) is 0 Å². The van der Waals surface area contributed by atoms with Crippen LogP contribution in [0.5, 0.6) is 0 Å². The van der Waals surface area contributed by atoms with Crippen molar-refractivity contribution in [1.29, 1.82) is 0 Å². The molecule has 2 rings (SSSR count). The van der Waals surface area contributed by atoms with Crippen molar-refractivity contribution in [2.24, 2.45) is 11.3 Å². The number of likely N-dealkylation sites (tertiary alicyclic amines) is 1. The Labute approximate surface area is 112 Å². The normalized spacial score (nSPS) is 38.2. The van der Waals surface area contributed by atoms with Gasteiger partial charge < -0.3 is 15.0 Å². The number of ether oxygens (including phenoxy) is 1. The molecule has 1 aliphatic carbocycles. The molecule has 0 bridgehead atoms. The first kappa shape index (κ1) is 14.3. The third-order valence-corrected chi connectivity index (χ3v) is 4.86. The van der Waals surface area contributed by atoms with E-state index in [1.54, 1.807) is 0 Å². The van der Waals surface area contributed by atoms with Crippen LogP contribution in [0.1, 0.15) is 39.0 Å². The van der Waals surface area contributed by atoms with Crippen molar-refractivity contribution >= 4 is 0 Å². The number of hydrogen-bond acceptors (Lipinski definition) is 3. The average Bonchev–Trinajstić information content (AvgIpc) is 2.76. The van der Waals surface area contributed by atoms with Gasteiger partial charge in [-0.15, -0.1) is 0 Å². The number of hydrogen-bond donors (Lipinski definition) is 1. The summed E-state index contributed by atoms with van der Waals surface area (Å²) in [6.07, 6.45) is 7.30. The molecule has 1 heterocycles. The lowest BCUT2D eigenvalue weighted by Gasteiger charge is -2.42. The summed E-state index contributed by atoms with van der Waals surface area (Å²) in [6.45, 7) is 7.21. The SMILES string of the molecule is CNCC1(CN2CCC(OC)C2)CCCC(C)C1. The monoisotopic (exact) mass is 254 g/mol. The van der Waals surface area contributed by atoms with Crippen LogP contribution in [0.25, 0.3) is 0 Å². The van der Waals surface area contributed by atoms with Crippen molar-refractivity contribution in [2.75, 3.05) is 40.3 Å². The van der Waals surface area contributed by atoms with Gasteiger partial charge in [-0.05, 0) is 37.6 Å². The summed E-state index contributed by atoms with van der Waals surface area (Å²) in [5.74, 6) is 0.896. The van der Waals surface area contributed by atoms with Gasteiger partial charge in [-0.2, -0.15) is 0 Å². The topological polar surface area (TPSA) is 24.5 Å². The first-order valence-electron chi connectivity index (χ1n) is 7.57. The van der Waals surface area contributed by atoms with Crippen molar-refractivity contribution in [2.45, 2.75) is 45.1 Å². The zero-order valence-corrected chi connectivity index (χ0v) is 12.4. The summed E-state index contributed by atoms with van der Waals surface area (Å²) in [7, 11) is 3.95. The van der Waals surface area contributed by atoms with E-state index in [4.69, 9.17) is 4.74 Å². The molecule has 2 aliphatic rings. The van der Waals surface area contributed by atoms with Crippen molar-refractivity contribution in [3.05, 3.63) is 0 Å². The van der Waals surface area contributed by atoms with E-state index in [1.807, 2.05) is 7.11 Å². The molecule has 1 saturated carbocycles. The van der Waals surface area contributed by atoms with Crippen LogP contribution in [-0.2, 0) is 4.74 Å². The molecule has 3 unspecified atom stereocenters. The number of rotatable bonds is 5. The highest BCUT2D eigenvalue weighted by atomic mass is 16.5. The quantitative estimate of drug-likeness (QED) is 0.813. The molecule has 18 heavy (non-hydrogen) atoms. The lowest BCUT2D eigenvalue weighted by Crippen LogP contribution is -2.45. The molecule has 0 spiro atoms. The summed E-state index contributed by atoms with van der Waals surface area (Å²) in [5, 5.41) is 3.44. The van der Waals surface area contributed by atoms with E-state index >= 15 is 0 Å². The van der Waals surface area contributed by atoms with Crippen LogP contribution in [0.15, 0.2) is 0 Å². The van der Waals surface area contributed by atoms with Crippen LogP contribution in [0.2, 0.25) is 0 Å². The van der Waals surface area contributed by atoms with Crippen LogP contribution < -0.4 is 5.32 Å². The third-order valence-electron chi connectivity index (χ3n) is 4.86. The van der Waals surface area contributed by atoms with Gasteiger partial charge in [0.2, 0.25) is 0 Å². The zero-order chi connectivity index (χ0) is 13.0. The second kappa shape index (κ2) is 6.36. The van der Waals surface area contributed by atoms with Crippen LogP contribution in [0.4, 0.5) is 0 Å². The van der Waals surface area contributed by atoms with Crippen LogP contribution in [0, 0.1) is 11.3 Å². The Bertz CT molecular complexity index is 255. The van der Waals surface area contributed by atoms with Gasteiger partial charge in [0.05, 0.1) is 6.10 Å². The summed E-state index contributed by atoms with van der Waals surface area (Å²) in [4.78, 5) is 2.63. The lowest BCUT2D eigenvalue weighted by molar-refractivity contribution is 0.0727. The van der Waals surface area contributed by atoms with Crippen molar-refractivity contribution in [3.63, 3.8) is 0 Å². The van der Waals surface area contributed by atoms with Gasteiger partial charge in [0.1, 0.15) is 0 Å². The third kappa shape index (κ3) is 3.46. The predicted octanol–water partition coefficient (Wildman–Crippen LogP) is 2.12. The minimum Gasteiger partial charge on any atom is -0.380 e. The maximum Gasteiger partial charge on any atom is 0.0710 e. The number of nitrogens with zero attached hydrogens (tertiary/aromatic N) is 1. The number of methoxy groups -OCH3 is 1. The molecule has 106 valence electrons. The predicted molar refractivity (Wildman–Crippen MR) is 75.8 cm³/mol. The molecular formula is C15H30N2O. The van der Waals surface area contributed by atoms with Gasteiger partial charge >= 0.3 is 0 Å². The highest BCUT2D eigenvalue weighted by Gasteiger charge is 2.37. The standard InChI is InChI=1S/C15H30N2O/c1-13-5-4-7-15(9-13,11-16-2)12-17-8-6-14(10-17)18-3/h13-14,16H,4-12H2,1-3H3. The molecular weight excluding hydrogens is 224 g/mol. The lowest BCUT2D eigenvalue weighted by atomic mass is 9.69. The first-order valence-corrected chi connectivity index (χ1v) is 7.57. The molecule has 0 amide bonds. The van der Waals surface area contributed by atoms with E-state index in [9.17, 15) is 0 Å². The minimum atomic E-state index is 0.470. The summed E-state index contributed by atoms with van der Waals surface area (Å²) < 4.78 is 5.49. The van der Waals surface area contributed by atoms with E-state index in [0.717, 1.165) is 12.5 Å². The minimum absolute atomic E-state index is 0.470. The Hall–Kier alpha value is -0.120. The second-order valence-corrected chi connectivity index (χ2v) is 6.61. The highest BCUT2D eigenvalue weighted by Crippen LogP contribution is 2.40. The fourth-order valence-corrected chi connectivity index (χ4v) is 4.11. The molecule has 2 fully saturated rings. The van der Waals surface area contributed by atoms with E-state index < -0.39 is 0 Å². The Morgan fingerprint density at radius 2 is 2.22 bits per heavy atom. The largest absolute Gasteiger partial charge is 0.380 e. The van der Waals surface area contributed by atoms with E-state index in [1.165, 1.54) is 51.7 Å². The van der Waals surface area contributed by atoms with E-state index in [0.29, 0.717) is 11.5 Å². The maximum absolute atomic E-state index is 5.49. The van der Waals surface area contributed by atoms with Gasteiger partial charge in [-0.3, -0.25) is 0 Å². The Kier molecular flexibility index (Phi) is 5.05. The molecule has 0 aromatic heterocycles. The molecule has 0 radical (unpaired) electrons. The summed E-state index contributed by atoms with van der Waals surface area (Å²) >= 11 is 0. The second-order valence-electron chi connectivity index (χ2n) is 6.61. The summed E-state index contributed by atoms with van der Waals surface area (Å²) in [5.41, 5.74) is 0.509. The fourth-order valence-electron chi connectivity index (χ4n) is 4.11.